The van der Waals surface area contributed by atoms with Gasteiger partial charge in [-0.1, -0.05) is 11.6 Å². The molecule has 0 atom stereocenters. The lowest BCUT2D eigenvalue weighted by atomic mass is 10.1. The molecule has 0 unspecified atom stereocenters. The first-order valence-electron chi connectivity index (χ1n) is 6.11. The fraction of sp³-hybridized carbons (Fsp3) is 0.538. The van der Waals surface area contributed by atoms with E-state index in [1.807, 2.05) is 0 Å². The predicted octanol–water partition coefficient (Wildman–Crippen LogP) is 3.55. The van der Waals surface area contributed by atoms with Gasteiger partial charge in [0.05, 0.1) is 18.2 Å². The maximum atomic E-state index is 13.6. The van der Waals surface area contributed by atoms with Crippen LogP contribution >= 0.6 is 27.5 Å². The van der Waals surface area contributed by atoms with Crippen molar-refractivity contribution in [1.82, 2.24) is 5.32 Å². The maximum Gasteiger partial charge on any atom is 0.127 e. The molecule has 0 aliphatic heterocycles. The second-order valence-electron chi connectivity index (χ2n) is 4.45. The van der Waals surface area contributed by atoms with Gasteiger partial charge >= 0.3 is 0 Å². The van der Waals surface area contributed by atoms with E-state index in [0.29, 0.717) is 40.7 Å². The number of rotatable bonds is 7. The van der Waals surface area contributed by atoms with Crippen LogP contribution in [0.1, 0.15) is 18.4 Å². The number of ether oxygens (including phenoxy) is 1. The number of benzene rings is 1. The van der Waals surface area contributed by atoms with E-state index >= 15 is 0 Å². The molecule has 1 aromatic rings. The Balaban J connectivity index is 1.67. The Morgan fingerprint density at radius 3 is 2.89 bits per heavy atom. The molecule has 0 radical (unpaired) electrons. The van der Waals surface area contributed by atoms with Crippen LogP contribution in [0.3, 0.4) is 0 Å². The minimum atomic E-state index is -0.244. The van der Waals surface area contributed by atoms with Crippen molar-refractivity contribution in [2.75, 3.05) is 19.8 Å². The highest BCUT2D eigenvalue weighted by Crippen LogP contribution is 2.25. The summed E-state index contributed by atoms with van der Waals surface area (Å²) in [6.45, 7) is 2.05. The standard InChI is InChI=1S/C13H16BrClFNO/c14-11-8-13(16)9(7-12(11)15)3-5-18-6-4-17-10-1-2-10/h7-8,10,17H,1-6H2. The van der Waals surface area contributed by atoms with Crippen LogP contribution in [0.2, 0.25) is 5.02 Å². The third kappa shape index (κ3) is 4.50. The predicted molar refractivity (Wildman–Crippen MR) is 74.7 cm³/mol. The second kappa shape index (κ2) is 6.85. The van der Waals surface area contributed by atoms with Crippen LogP contribution in [-0.4, -0.2) is 25.8 Å². The first-order valence-corrected chi connectivity index (χ1v) is 7.28. The zero-order valence-corrected chi connectivity index (χ0v) is 12.4. The Bertz CT molecular complexity index is 412. The van der Waals surface area contributed by atoms with Gasteiger partial charge in [-0.25, -0.2) is 4.39 Å². The van der Waals surface area contributed by atoms with Crippen molar-refractivity contribution in [2.24, 2.45) is 0 Å². The largest absolute Gasteiger partial charge is 0.380 e. The fourth-order valence-corrected chi connectivity index (χ4v) is 2.16. The molecule has 2 rings (SSSR count). The Labute approximate surface area is 120 Å². The van der Waals surface area contributed by atoms with Crippen LogP contribution in [0.25, 0.3) is 0 Å². The number of halogens is 3. The third-order valence-corrected chi connectivity index (χ3v) is 4.06. The van der Waals surface area contributed by atoms with Gasteiger partial charge < -0.3 is 10.1 Å². The van der Waals surface area contributed by atoms with E-state index in [1.54, 1.807) is 6.07 Å². The topological polar surface area (TPSA) is 21.3 Å². The van der Waals surface area contributed by atoms with Crippen LogP contribution in [0, 0.1) is 5.82 Å². The molecule has 1 saturated carbocycles. The molecule has 1 fully saturated rings. The van der Waals surface area contributed by atoms with E-state index in [1.165, 1.54) is 18.9 Å². The first-order chi connectivity index (χ1) is 8.66. The van der Waals surface area contributed by atoms with Gasteiger partial charge in [0.2, 0.25) is 0 Å². The van der Waals surface area contributed by atoms with Gasteiger partial charge in [-0.05, 0) is 52.9 Å². The molecule has 1 aliphatic rings. The quantitative estimate of drug-likeness (QED) is 0.607. The van der Waals surface area contributed by atoms with Crippen LogP contribution in [0.4, 0.5) is 4.39 Å². The van der Waals surface area contributed by atoms with Gasteiger partial charge in [-0.3, -0.25) is 0 Å². The molecule has 1 aliphatic carbocycles. The average molecular weight is 337 g/mol. The van der Waals surface area contributed by atoms with Gasteiger partial charge in [0, 0.05) is 17.1 Å². The summed E-state index contributed by atoms with van der Waals surface area (Å²) in [5.41, 5.74) is 0.596. The summed E-state index contributed by atoms with van der Waals surface area (Å²) < 4.78 is 19.6. The van der Waals surface area contributed by atoms with Crippen molar-refractivity contribution in [3.63, 3.8) is 0 Å². The summed E-state index contributed by atoms with van der Waals surface area (Å²) >= 11 is 9.12. The highest BCUT2D eigenvalue weighted by molar-refractivity contribution is 9.10. The van der Waals surface area contributed by atoms with Gasteiger partial charge in [-0.2, -0.15) is 0 Å². The van der Waals surface area contributed by atoms with Crippen LogP contribution in [0.15, 0.2) is 16.6 Å². The van der Waals surface area contributed by atoms with Crippen LogP contribution in [-0.2, 0) is 11.2 Å². The summed E-state index contributed by atoms with van der Waals surface area (Å²) in [5.74, 6) is -0.244. The van der Waals surface area contributed by atoms with Crippen molar-refractivity contribution >= 4 is 27.5 Å². The van der Waals surface area contributed by atoms with E-state index in [4.69, 9.17) is 16.3 Å². The van der Waals surface area contributed by atoms with Crippen molar-refractivity contribution in [2.45, 2.75) is 25.3 Å². The molecule has 0 spiro atoms. The fourth-order valence-electron chi connectivity index (χ4n) is 1.66. The Morgan fingerprint density at radius 1 is 1.39 bits per heavy atom. The molecular formula is C13H16BrClFNO. The molecule has 1 N–H and O–H groups in total. The molecule has 1 aromatic carbocycles. The maximum absolute atomic E-state index is 13.6. The first kappa shape index (κ1) is 14.3. The molecule has 18 heavy (non-hydrogen) atoms. The number of hydrogen-bond acceptors (Lipinski definition) is 2. The Morgan fingerprint density at radius 2 is 2.17 bits per heavy atom. The molecule has 0 aromatic heterocycles. The summed E-state index contributed by atoms with van der Waals surface area (Å²) in [5, 5.41) is 3.89. The van der Waals surface area contributed by atoms with Gasteiger partial charge in [0.15, 0.2) is 0 Å². The lowest BCUT2D eigenvalue weighted by molar-refractivity contribution is 0.138. The van der Waals surface area contributed by atoms with Crippen LogP contribution < -0.4 is 5.32 Å². The third-order valence-electron chi connectivity index (χ3n) is 2.86. The smallest absolute Gasteiger partial charge is 0.127 e. The molecule has 0 heterocycles. The summed E-state index contributed by atoms with van der Waals surface area (Å²) in [6, 6.07) is 3.75. The van der Waals surface area contributed by atoms with E-state index < -0.39 is 0 Å². The van der Waals surface area contributed by atoms with Gasteiger partial charge in [-0.15, -0.1) is 0 Å². The normalized spacial score (nSPS) is 15.1. The molecule has 5 heteroatoms. The van der Waals surface area contributed by atoms with Crippen molar-refractivity contribution in [3.8, 4) is 0 Å². The summed E-state index contributed by atoms with van der Waals surface area (Å²) in [7, 11) is 0. The van der Waals surface area contributed by atoms with Crippen LogP contribution in [0.5, 0.6) is 0 Å². The lowest BCUT2D eigenvalue weighted by Crippen LogP contribution is -2.22. The van der Waals surface area contributed by atoms with Crippen molar-refractivity contribution < 1.29 is 9.13 Å². The van der Waals surface area contributed by atoms with Gasteiger partial charge in [0.1, 0.15) is 5.82 Å². The van der Waals surface area contributed by atoms with Gasteiger partial charge in [0.25, 0.3) is 0 Å². The number of nitrogens with one attached hydrogen (secondary N) is 1. The molecule has 0 saturated heterocycles. The van der Waals surface area contributed by atoms with E-state index in [-0.39, 0.29) is 5.82 Å². The summed E-state index contributed by atoms with van der Waals surface area (Å²) in [4.78, 5) is 0. The number of hydrogen-bond donors (Lipinski definition) is 1. The van der Waals surface area contributed by atoms with Crippen molar-refractivity contribution in [3.05, 3.63) is 33.0 Å². The SMILES string of the molecule is Fc1cc(Br)c(Cl)cc1CCOCCNC1CC1. The average Bonchev–Trinajstić information content (AvgIpc) is 3.13. The Kier molecular flexibility index (Phi) is 5.42. The lowest BCUT2D eigenvalue weighted by Gasteiger charge is -2.07. The minimum Gasteiger partial charge on any atom is -0.380 e. The highest BCUT2D eigenvalue weighted by Gasteiger charge is 2.19. The zero-order chi connectivity index (χ0) is 13.0. The molecule has 0 bridgehead atoms. The summed E-state index contributed by atoms with van der Waals surface area (Å²) in [6.07, 6.45) is 3.10. The molecule has 100 valence electrons. The Hall–Kier alpha value is -0.160. The monoisotopic (exact) mass is 335 g/mol. The highest BCUT2D eigenvalue weighted by atomic mass is 79.9. The molecular weight excluding hydrogens is 321 g/mol. The van der Waals surface area contributed by atoms with E-state index in [2.05, 4.69) is 21.2 Å². The second-order valence-corrected chi connectivity index (χ2v) is 5.71. The zero-order valence-electron chi connectivity index (χ0n) is 10.0. The van der Waals surface area contributed by atoms with E-state index in [9.17, 15) is 4.39 Å². The minimum absolute atomic E-state index is 0.244. The molecule has 0 amide bonds. The van der Waals surface area contributed by atoms with E-state index in [0.717, 1.165) is 6.54 Å². The van der Waals surface area contributed by atoms with Crippen molar-refractivity contribution in [1.29, 1.82) is 0 Å². The molecule has 2 nitrogen and oxygen atoms in total.